The van der Waals surface area contributed by atoms with Crippen LogP contribution in [0.4, 0.5) is 0 Å². The van der Waals surface area contributed by atoms with Crippen LogP contribution < -0.4 is 0 Å². The fraction of sp³-hybridized carbons (Fsp3) is 0.462. The van der Waals surface area contributed by atoms with E-state index >= 15 is 0 Å². The highest BCUT2D eigenvalue weighted by Gasteiger charge is 2.46. The van der Waals surface area contributed by atoms with Gasteiger partial charge in [-0.3, -0.25) is 0 Å². The summed E-state index contributed by atoms with van der Waals surface area (Å²) in [5.41, 5.74) is 0.743. The van der Waals surface area contributed by atoms with E-state index in [0.29, 0.717) is 0 Å². The number of hydrogen-bond donors (Lipinski definition) is 4. The number of esters is 1. The van der Waals surface area contributed by atoms with Crippen LogP contribution in [0.3, 0.4) is 0 Å². The molecule has 2 rings (SSSR count). The maximum absolute atomic E-state index is 11.8. The molecule has 1 aromatic rings. The number of aliphatic hydroxyl groups excluding tert-OH is 4. The van der Waals surface area contributed by atoms with Gasteiger partial charge in [0.1, 0.15) is 24.9 Å². The molecular weight excluding hydrogens is 268 g/mol. The van der Waals surface area contributed by atoms with Crippen molar-refractivity contribution in [2.45, 2.75) is 37.3 Å². The smallest absolute Gasteiger partial charge is 0.338 e. The molecule has 0 spiro atoms. The molecule has 110 valence electrons. The molecule has 0 amide bonds. The zero-order valence-electron chi connectivity index (χ0n) is 10.5. The molecule has 1 aromatic carbocycles. The first-order valence-electron chi connectivity index (χ1n) is 6.09. The number of aliphatic hydroxyl groups is 4. The Bertz CT molecular complexity index is 449. The van der Waals surface area contributed by atoms with E-state index in [9.17, 15) is 25.2 Å². The van der Waals surface area contributed by atoms with E-state index in [-0.39, 0.29) is 6.61 Å². The van der Waals surface area contributed by atoms with Crippen LogP contribution in [0.1, 0.15) is 5.56 Å². The third kappa shape index (κ3) is 3.14. The van der Waals surface area contributed by atoms with Gasteiger partial charge in [-0.25, -0.2) is 4.79 Å². The van der Waals surface area contributed by atoms with Gasteiger partial charge in [0.15, 0.2) is 12.4 Å². The predicted octanol–water partition coefficient (Wildman–Crippen LogP) is -1.47. The van der Waals surface area contributed by atoms with Crippen LogP contribution in [0, 0.1) is 0 Å². The lowest BCUT2D eigenvalue weighted by Crippen LogP contribution is -2.59. The summed E-state index contributed by atoms with van der Waals surface area (Å²) in [6.45, 7) is -0.0268. The zero-order valence-corrected chi connectivity index (χ0v) is 10.5. The van der Waals surface area contributed by atoms with Crippen molar-refractivity contribution >= 4 is 5.97 Å². The fourth-order valence-electron chi connectivity index (χ4n) is 1.87. The van der Waals surface area contributed by atoms with E-state index in [4.69, 9.17) is 9.47 Å². The third-order valence-electron chi connectivity index (χ3n) is 3.04. The Morgan fingerprint density at radius 2 is 1.70 bits per heavy atom. The summed E-state index contributed by atoms with van der Waals surface area (Å²) in [7, 11) is 0. The van der Waals surface area contributed by atoms with E-state index < -0.39 is 36.7 Å². The summed E-state index contributed by atoms with van der Waals surface area (Å²) in [5.74, 6) is -0.925. The van der Waals surface area contributed by atoms with Crippen molar-refractivity contribution in [1.29, 1.82) is 0 Å². The average Bonchev–Trinajstić information content (AvgIpc) is 2.47. The molecule has 1 heterocycles. The minimum atomic E-state index is -1.76. The molecular formula is C13H16O7. The highest BCUT2D eigenvalue weighted by atomic mass is 16.7. The molecule has 20 heavy (non-hydrogen) atoms. The minimum Gasteiger partial charge on any atom is -0.459 e. The van der Waals surface area contributed by atoms with Crippen molar-refractivity contribution in [3.8, 4) is 0 Å². The summed E-state index contributed by atoms with van der Waals surface area (Å²) in [6.07, 6.45) is -8.34. The summed E-state index contributed by atoms with van der Waals surface area (Å²) in [5, 5.41) is 37.7. The van der Waals surface area contributed by atoms with Gasteiger partial charge < -0.3 is 29.9 Å². The van der Waals surface area contributed by atoms with Crippen molar-refractivity contribution in [2.75, 3.05) is 0 Å². The lowest BCUT2D eigenvalue weighted by molar-refractivity contribution is -0.281. The predicted molar refractivity (Wildman–Crippen MR) is 65.1 cm³/mol. The Hall–Kier alpha value is -1.51. The number of hydrogen-bond acceptors (Lipinski definition) is 7. The second-order valence-corrected chi connectivity index (χ2v) is 4.51. The maximum Gasteiger partial charge on any atom is 0.338 e. The molecule has 1 saturated heterocycles. The Balaban J connectivity index is 1.95. The van der Waals surface area contributed by atoms with Gasteiger partial charge >= 0.3 is 5.97 Å². The average molecular weight is 284 g/mol. The second-order valence-electron chi connectivity index (χ2n) is 4.51. The molecule has 7 nitrogen and oxygen atoms in total. The van der Waals surface area contributed by atoms with Crippen molar-refractivity contribution < 1.29 is 34.7 Å². The fourth-order valence-corrected chi connectivity index (χ4v) is 1.87. The van der Waals surface area contributed by atoms with Crippen LogP contribution in [-0.2, 0) is 20.9 Å². The molecule has 0 aromatic heterocycles. The largest absolute Gasteiger partial charge is 0.459 e. The molecule has 0 aliphatic carbocycles. The molecule has 1 aliphatic rings. The highest BCUT2D eigenvalue weighted by molar-refractivity contribution is 5.75. The van der Waals surface area contributed by atoms with E-state index in [1.807, 2.05) is 6.07 Å². The molecule has 5 atom stereocenters. The molecule has 0 saturated carbocycles. The summed E-state index contributed by atoms with van der Waals surface area (Å²) in [4.78, 5) is 11.8. The molecule has 0 bridgehead atoms. The van der Waals surface area contributed by atoms with Crippen LogP contribution >= 0.6 is 0 Å². The zero-order chi connectivity index (χ0) is 14.7. The van der Waals surface area contributed by atoms with E-state index in [2.05, 4.69) is 0 Å². The summed E-state index contributed by atoms with van der Waals surface area (Å²) in [6, 6.07) is 8.86. The van der Waals surface area contributed by atoms with Crippen molar-refractivity contribution in [3.63, 3.8) is 0 Å². The Morgan fingerprint density at radius 1 is 1.05 bits per heavy atom. The number of rotatable bonds is 3. The minimum absolute atomic E-state index is 0.0268. The van der Waals surface area contributed by atoms with Gasteiger partial charge in [0.05, 0.1) is 0 Å². The van der Waals surface area contributed by atoms with Crippen molar-refractivity contribution in [2.24, 2.45) is 0 Å². The van der Waals surface area contributed by atoms with E-state index in [0.717, 1.165) is 5.56 Å². The second kappa shape index (κ2) is 6.29. The van der Waals surface area contributed by atoms with E-state index in [1.165, 1.54) is 0 Å². The molecule has 3 unspecified atom stereocenters. The standard InChI is InChI=1S/C13H16O7/c14-8-9(15)11(20-12(17)10(8)16)13(18)19-6-7-4-2-1-3-5-7/h1-5,8-12,14-17H,6H2/t8-,9+,10?,11?,12?/m0/s1. The SMILES string of the molecule is O=C(OCc1ccccc1)C1OC(O)C(O)[C@@H](O)[C@H]1O. The number of ether oxygens (including phenoxy) is 2. The van der Waals surface area contributed by atoms with Gasteiger partial charge in [0.25, 0.3) is 0 Å². The van der Waals surface area contributed by atoms with Crippen molar-refractivity contribution in [3.05, 3.63) is 35.9 Å². The van der Waals surface area contributed by atoms with Gasteiger partial charge in [-0.15, -0.1) is 0 Å². The number of benzene rings is 1. The summed E-state index contributed by atoms with van der Waals surface area (Å²) >= 11 is 0. The Kier molecular flexibility index (Phi) is 4.69. The first kappa shape index (κ1) is 14.9. The van der Waals surface area contributed by atoms with Crippen molar-refractivity contribution in [1.82, 2.24) is 0 Å². The molecule has 1 fully saturated rings. The lowest BCUT2D eigenvalue weighted by Gasteiger charge is -2.36. The highest BCUT2D eigenvalue weighted by Crippen LogP contribution is 2.21. The maximum atomic E-state index is 11.8. The normalized spacial score (nSPS) is 33.7. The first-order valence-corrected chi connectivity index (χ1v) is 6.09. The quantitative estimate of drug-likeness (QED) is 0.501. The van der Waals surface area contributed by atoms with Gasteiger partial charge in [0, 0.05) is 0 Å². The van der Waals surface area contributed by atoms with Crippen LogP contribution in [0.2, 0.25) is 0 Å². The topological polar surface area (TPSA) is 116 Å². The van der Waals surface area contributed by atoms with Gasteiger partial charge in [0.2, 0.25) is 0 Å². The first-order chi connectivity index (χ1) is 9.50. The molecule has 1 aliphatic heterocycles. The number of carbonyl (C=O) groups is 1. The van der Waals surface area contributed by atoms with Gasteiger partial charge in [-0.2, -0.15) is 0 Å². The Morgan fingerprint density at radius 3 is 2.35 bits per heavy atom. The molecule has 0 radical (unpaired) electrons. The van der Waals surface area contributed by atoms with Crippen LogP contribution in [0.15, 0.2) is 30.3 Å². The van der Waals surface area contributed by atoms with E-state index in [1.54, 1.807) is 24.3 Å². The van der Waals surface area contributed by atoms with Gasteiger partial charge in [-0.05, 0) is 5.56 Å². The van der Waals surface area contributed by atoms with Crippen LogP contribution in [0.5, 0.6) is 0 Å². The molecule has 4 N–H and O–H groups in total. The third-order valence-corrected chi connectivity index (χ3v) is 3.04. The van der Waals surface area contributed by atoms with Gasteiger partial charge in [-0.1, -0.05) is 30.3 Å². The Labute approximate surface area is 115 Å². The lowest BCUT2D eigenvalue weighted by atomic mass is 9.99. The summed E-state index contributed by atoms with van der Waals surface area (Å²) < 4.78 is 9.69. The molecule has 7 heteroatoms. The van der Waals surface area contributed by atoms with Crippen LogP contribution in [-0.4, -0.2) is 57.1 Å². The number of carbonyl (C=O) groups excluding carboxylic acids is 1. The van der Waals surface area contributed by atoms with Crippen LogP contribution in [0.25, 0.3) is 0 Å². The monoisotopic (exact) mass is 284 g/mol.